The van der Waals surface area contributed by atoms with Crippen LogP contribution < -0.4 is 4.74 Å². The van der Waals surface area contributed by atoms with Gasteiger partial charge in [-0.15, -0.1) is 0 Å². The third-order valence-corrected chi connectivity index (χ3v) is 3.00. The van der Waals surface area contributed by atoms with Crippen LogP contribution in [0.2, 0.25) is 5.02 Å². The lowest BCUT2D eigenvalue weighted by molar-refractivity contribution is 0.0697. The molecule has 0 aromatic heterocycles. The maximum atomic E-state index is 13.3. The van der Waals surface area contributed by atoms with E-state index in [2.05, 4.69) is 0 Å². The van der Waals surface area contributed by atoms with Crippen molar-refractivity contribution < 1.29 is 19.0 Å². The first-order chi connectivity index (χ1) is 9.02. The molecule has 1 N–H and O–H groups in total. The third kappa shape index (κ3) is 2.69. The van der Waals surface area contributed by atoms with Gasteiger partial charge in [0.2, 0.25) is 0 Å². The van der Waals surface area contributed by atoms with Crippen molar-refractivity contribution >= 4 is 17.6 Å². The minimum absolute atomic E-state index is 0.0366. The highest BCUT2D eigenvalue weighted by Gasteiger charge is 2.13. The van der Waals surface area contributed by atoms with Crippen molar-refractivity contribution in [1.29, 1.82) is 0 Å². The summed E-state index contributed by atoms with van der Waals surface area (Å²) < 4.78 is 18.4. The monoisotopic (exact) mass is 280 g/mol. The second kappa shape index (κ2) is 5.28. The predicted molar refractivity (Wildman–Crippen MR) is 70.4 cm³/mol. The number of ether oxygens (including phenoxy) is 1. The summed E-state index contributed by atoms with van der Waals surface area (Å²) in [6.07, 6.45) is 0. The van der Waals surface area contributed by atoms with Crippen LogP contribution in [-0.2, 0) is 0 Å². The summed E-state index contributed by atoms with van der Waals surface area (Å²) in [5.74, 6) is -1.11. The Morgan fingerprint density at radius 1 is 1.26 bits per heavy atom. The molecule has 98 valence electrons. The van der Waals surface area contributed by atoms with Gasteiger partial charge in [0, 0.05) is 5.56 Å². The fraction of sp³-hybridized carbons (Fsp3) is 0.0714. The van der Waals surface area contributed by atoms with Gasteiger partial charge in [0.05, 0.1) is 17.7 Å². The largest absolute Gasteiger partial charge is 0.496 e. The van der Waals surface area contributed by atoms with E-state index >= 15 is 0 Å². The van der Waals surface area contributed by atoms with Gasteiger partial charge in [-0.2, -0.15) is 0 Å². The van der Waals surface area contributed by atoms with Crippen molar-refractivity contribution in [2.24, 2.45) is 0 Å². The first-order valence-corrected chi connectivity index (χ1v) is 5.77. The molecular formula is C14H10ClFO3. The van der Waals surface area contributed by atoms with Crippen molar-refractivity contribution in [3.63, 3.8) is 0 Å². The smallest absolute Gasteiger partial charge is 0.337 e. The Hall–Kier alpha value is -2.07. The van der Waals surface area contributed by atoms with Gasteiger partial charge in [-0.1, -0.05) is 17.7 Å². The third-order valence-electron chi connectivity index (χ3n) is 2.67. The molecular weight excluding hydrogens is 271 g/mol. The number of hydrogen-bond acceptors (Lipinski definition) is 2. The number of methoxy groups -OCH3 is 1. The molecule has 0 fully saturated rings. The molecule has 5 heteroatoms. The van der Waals surface area contributed by atoms with Gasteiger partial charge in [-0.25, -0.2) is 9.18 Å². The zero-order valence-electron chi connectivity index (χ0n) is 9.98. The summed E-state index contributed by atoms with van der Waals surface area (Å²) in [6, 6.07) is 8.52. The molecule has 0 aliphatic carbocycles. The van der Waals surface area contributed by atoms with Crippen molar-refractivity contribution in [2.75, 3.05) is 7.11 Å². The van der Waals surface area contributed by atoms with Crippen molar-refractivity contribution in [2.45, 2.75) is 0 Å². The highest BCUT2D eigenvalue weighted by Crippen LogP contribution is 2.32. The zero-order chi connectivity index (χ0) is 14.0. The number of rotatable bonds is 3. The van der Waals surface area contributed by atoms with Gasteiger partial charge in [0.15, 0.2) is 0 Å². The van der Waals surface area contributed by atoms with E-state index in [1.165, 1.54) is 37.4 Å². The summed E-state index contributed by atoms with van der Waals surface area (Å²) in [6.45, 7) is 0. The normalized spacial score (nSPS) is 10.3. The molecule has 19 heavy (non-hydrogen) atoms. The number of halogens is 2. The lowest BCUT2D eigenvalue weighted by Crippen LogP contribution is -1.98. The summed E-state index contributed by atoms with van der Waals surface area (Å²) >= 11 is 5.80. The highest BCUT2D eigenvalue weighted by atomic mass is 35.5. The van der Waals surface area contributed by atoms with Crippen LogP contribution in [-0.4, -0.2) is 18.2 Å². The summed E-state index contributed by atoms with van der Waals surface area (Å²) in [4.78, 5) is 11.0. The van der Waals surface area contributed by atoms with Gasteiger partial charge in [0.1, 0.15) is 11.6 Å². The van der Waals surface area contributed by atoms with Crippen LogP contribution in [0.3, 0.4) is 0 Å². The maximum Gasteiger partial charge on any atom is 0.337 e. The molecule has 2 aromatic carbocycles. The fourth-order valence-corrected chi connectivity index (χ4v) is 1.96. The van der Waals surface area contributed by atoms with Crippen LogP contribution in [0, 0.1) is 5.82 Å². The summed E-state index contributed by atoms with van der Waals surface area (Å²) in [7, 11) is 1.46. The lowest BCUT2D eigenvalue weighted by atomic mass is 10.0. The van der Waals surface area contributed by atoms with Gasteiger partial charge >= 0.3 is 5.97 Å². The second-order valence-electron chi connectivity index (χ2n) is 3.84. The van der Waals surface area contributed by atoms with E-state index in [0.717, 1.165) is 0 Å². The lowest BCUT2D eigenvalue weighted by Gasteiger charge is -2.10. The van der Waals surface area contributed by atoms with Crippen LogP contribution in [0.5, 0.6) is 5.75 Å². The number of carbonyl (C=O) groups is 1. The molecule has 0 aliphatic rings. The molecule has 0 saturated heterocycles. The fourth-order valence-electron chi connectivity index (χ4n) is 1.76. The molecule has 3 nitrogen and oxygen atoms in total. The average molecular weight is 281 g/mol. The molecule has 0 amide bonds. The quantitative estimate of drug-likeness (QED) is 0.929. The van der Waals surface area contributed by atoms with Gasteiger partial charge in [-0.3, -0.25) is 0 Å². The molecule has 2 aromatic rings. The molecule has 0 saturated carbocycles. The minimum Gasteiger partial charge on any atom is -0.496 e. The number of carboxylic acid groups (broad SMARTS) is 1. The van der Waals surface area contributed by atoms with E-state index in [1.54, 1.807) is 6.07 Å². The number of aromatic carboxylic acids is 1. The Kier molecular flexibility index (Phi) is 3.71. The Labute approximate surface area is 114 Å². The first kappa shape index (κ1) is 13.4. The minimum atomic E-state index is -1.14. The average Bonchev–Trinajstić information content (AvgIpc) is 2.39. The summed E-state index contributed by atoms with van der Waals surface area (Å²) in [5, 5.41) is 9.16. The van der Waals surface area contributed by atoms with E-state index in [0.29, 0.717) is 16.9 Å². The van der Waals surface area contributed by atoms with E-state index in [9.17, 15) is 9.18 Å². The Morgan fingerprint density at radius 2 is 2.00 bits per heavy atom. The van der Waals surface area contributed by atoms with Crippen LogP contribution in [0.15, 0.2) is 36.4 Å². The Balaban J connectivity index is 2.62. The topological polar surface area (TPSA) is 46.5 Å². The van der Waals surface area contributed by atoms with Crippen LogP contribution >= 0.6 is 11.6 Å². The van der Waals surface area contributed by atoms with E-state index in [-0.39, 0.29) is 10.6 Å². The molecule has 2 rings (SSSR count). The van der Waals surface area contributed by atoms with Gasteiger partial charge in [-0.05, 0) is 35.9 Å². The first-order valence-electron chi connectivity index (χ1n) is 5.39. The Morgan fingerprint density at radius 3 is 2.63 bits per heavy atom. The van der Waals surface area contributed by atoms with Crippen molar-refractivity contribution in [3.8, 4) is 16.9 Å². The predicted octanol–water partition coefficient (Wildman–Crippen LogP) is 3.85. The van der Waals surface area contributed by atoms with Crippen LogP contribution in [0.1, 0.15) is 10.4 Å². The number of carboxylic acids is 1. The van der Waals surface area contributed by atoms with E-state index < -0.39 is 11.8 Å². The molecule has 0 unspecified atom stereocenters. The maximum absolute atomic E-state index is 13.3. The van der Waals surface area contributed by atoms with Gasteiger partial charge < -0.3 is 9.84 Å². The van der Waals surface area contributed by atoms with Crippen LogP contribution in [0.25, 0.3) is 11.1 Å². The Bertz CT molecular complexity index is 641. The molecule has 0 heterocycles. The zero-order valence-corrected chi connectivity index (χ0v) is 10.7. The van der Waals surface area contributed by atoms with Gasteiger partial charge in [0.25, 0.3) is 0 Å². The molecule has 0 aliphatic heterocycles. The molecule has 0 spiro atoms. The van der Waals surface area contributed by atoms with Crippen molar-refractivity contribution in [3.05, 3.63) is 52.8 Å². The van der Waals surface area contributed by atoms with Crippen molar-refractivity contribution in [1.82, 2.24) is 0 Å². The second-order valence-corrected chi connectivity index (χ2v) is 4.25. The molecule has 0 atom stereocenters. The highest BCUT2D eigenvalue weighted by molar-refractivity contribution is 6.33. The van der Waals surface area contributed by atoms with E-state index in [4.69, 9.17) is 21.4 Å². The summed E-state index contributed by atoms with van der Waals surface area (Å²) in [5.41, 5.74) is 0.963. The standard InChI is InChI=1S/C14H10ClFO3/c1-19-13-5-3-9(16)7-10(13)8-2-4-12(15)11(6-8)14(17)18/h2-7H,1H3,(H,17,18). The van der Waals surface area contributed by atoms with Crippen LogP contribution in [0.4, 0.5) is 4.39 Å². The SMILES string of the molecule is COc1ccc(F)cc1-c1ccc(Cl)c(C(=O)O)c1. The number of benzene rings is 2. The molecule has 0 bridgehead atoms. The number of hydrogen-bond donors (Lipinski definition) is 1. The molecule has 0 radical (unpaired) electrons. The van der Waals surface area contributed by atoms with E-state index in [1.807, 2.05) is 0 Å².